The van der Waals surface area contributed by atoms with Crippen LogP contribution in [0.1, 0.15) is 5.69 Å². The Bertz CT molecular complexity index is 557. The first-order valence-corrected chi connectivity index (χ1v) is 5.48. The Labute approximate surface area is 102 Å². The lowest BCUT2D eigenvalue weighted by Gasteiger charge is -2.05. The van der Waals surface area contributed by atoms with E-state index in [0.29, 0.717) is 14.8 Å². The van der Waals surface area contributed by atoms with Gasteiger partial charge in [-0.3, -0.25) is 4.57 Å². The number of hydrogen-bond donors (Lipinski definition) is 1. The lowest BCUT2D eigenvalue weighted by molar-refractivity contribution is 1.03. The first kappa shape index (κ1) is 10.7. The molecular formula is C10H8Cl2N2S. The lowest BCUT2D eigenvalue weighted by atomic mass is 10.3. The van der Waals surface area contributed by atoms with Gasteiger partial charge in [-0.2, -0.15) is 0 Å². The molecule has 0 radical (unpaired) electrons. The van der Waals surface area contributed by atoms with Crippen LogP contribution in [-0.4, -0.2) is 9.55 Å². The molecule has 0 fully saturated rings. The van der Waals surface area contributed by atoms with Crippen LogP contribution in [0.5, 0.6) is 0 Å². The smallest absolute Gasteiger partial charge is 0.182 e. The highest BCUT2D eigenvalue weighted by atomic mass is 35.5. The summed E-state index contributed by atoms with van der Waals surface area (Å²) in [6.07, 6.45) is 1.89. The summed E-state index contributed by atoms with van der Waals surface area (Å²) < 4.78 is 2.41. The molecule has 15 heavy (non-hydrogen) atoms. The van der Waals surface area contributed by atoms with Gasteiger partial charge in [0, 0.05) is 11.9 Å². The van der Waals surface area contributed by atoms with E-state index < -0.39 is 0 Å². The van der Waals surface area contributed by atoms with Crippen molar-refractivity contribution in [3.05, 3.63) is 44.9 Å². The second-order valence-corrected chi connectivity index (χ2v) is 4.36. The van der Waals surface area contributed by atoms with E-state index in [9.17, 15) is 0 Å². The van der Waals surface area contributed by atoms with Crippen LogP contribution in [0.4, 0.5) is 0 Å². The van der Waals surface area contributed by atoms with Gasteiger partial charge in [-0.1, -0.05) is 29.3 Å². The van der Waals surface area contributed by atoms with Crippen LogP contribution in [0.15, 0.2) is 24.4 Å². The molecule has 0 atom stereocenters. The average Bonchev–Trinajstić information content (AvgIpc) is 2.50. The van der Waals surface area contributed by atoms with Gasteiger partial charge in [0.05, 0.1) is 15.7 Å². The topological polar surface area (TPSA) is 20.7 Å². The maximum Gasteiger partial charge on any atom is 0.182 e. The number of nitrogens with one attached hydrogen (secondary N) is 1. The van der Waals surface area contributed by atoms with E-state index in [1.165, 1.54) is 0 Å². The summed E-state index contributed by atoms with van der Waals surface area (Å²) in [6, 6.07) is 5.46. The molecule has 0 saturated carbocycles. The van der Waals surface area contributed by atoms with E-state index >= 15 is 0 Å². The van der Waals surface area contributed by atoms with Crippen molar-refractivity contribution in [1.29, 1.82) is 0 Å². The van der Waals surface area contributed by atoms with Crippen molar-refractivity contribution in [2.75, 3.05) is 0 Å². The van der Waals surface area contributed by atoms with Gasteiger partial charge in [-0.15, -0.1) is 0 Å². The van der Waals surface area contributed by atoms with Gasteiger partial charge in [0.1, 0.15) is 0 Å². The second-order valence-electron chi connectivity index (χ2n) is 3.19. The summed E-state index contributed by atoms with van der Waals surface area (Å²) in [5, 5.41) is 1.03. The molecule has 5 heteroatoms. The summed E-state index contributed by atoms with van der Waals surface area (Å²) in [5.74, 6) is 0. The molecule has 1 N–H and O–H groups in total. The molecule has 0 spiro atoms. The molecule has 0 aliphatic carbocycles. The minimum atomic E-state index is 0.509. The van der Waals surface area contributed by atoms with Gasteiger partial charge in [-0.05, 0) is 31.3 Å². The molecule has 1 heterocycles. The Morgan fingerprint density at radius 2 is 2.07 bits per heavy atom. The highest BCUT2D eigenvalue weighted by molar-refractivity contribution is 7.71. The third kappa shape index (κ3) is 1.95. The maximum absolute atomic E-state index is 6.10. The van der Waals surface area contributed by atoms with Gasteiger partial charge >= 0.3 is 0 Å². The van der Waals surface area contributed by atoms with Gasteiger partial charge < -0.3 is 4.98 Å². The standard InChI is InChI=1S/C10H8Cl2N2S/c1-6-5-14(10(15)13-6)8-4-2-3-7(11)9(8)12/h2-5H,1H3,(H,13,15). The number of benzene rings is 1. The highest BCUT2D eigenvalue weighted by Crippen LogP contribution is 2.28. The summed E-state index contributed by atoms with van der Waals surface area (Å²) in [5.41, 5.74) is 1.77. The van der Waals surface area contributed by atoms with Crippen LogP contribution in [0, 0.1) is 11.7 Å². The van der Waals surface area contributed by atoms with Crippen LogP contribution in [0.2, 0.25) is 10.0 Å². The lowest BCUT2D eigenvalue weighted by Crippen LogP contribution is -1.93. The molecule has 1 aromatic carbocycles. The maximum atomic E-state index is 6.10. The van der Waals surface area contributed by atoms with E-state index in [2.05, 4.69) is 4.98 Å². The van der Waals surface area contributed by atoms with Crippen molar-refractivity contribution < 1.29 is 0 Å². The number of halogens is 2. The quantitative estimate of drug-likeness (QED) is 0.763. The monoisotopic (exact) mass is 258 g/mol. The van der Waals surface area contributed by atoms with Crippen molar-refractivity contribution in [3.63, 3.8) is 0 Å². The number of hydrogen-bond acceptors (Lipinski definition) is 1. The molecule has 0 unspecified atom stereocenters. The first-order valence-electron chi connectivity index (χ1n) is 4.32. The molecule has 78 valence electrons. The predicted molar refractivity (Wildman–Crippen MR) is 65.7 cm³/mol. The summed E-state index contributed by atoms with van der Waals surface area (Å²) in [4.78, 5) is 3.03. The minimum Gasteiger partial charge on any atom is -0.335 e. The van der Waals surface area contributed by atoms with Gasteiger partial charge in [0.2, 0.25) is 0 Å². The third-order valence-corrected chi connectivity index (χ3v) is 3.14. The molecule has 0 bridgehead atoms. The van der Waals surface area contributed by atoms with Crippen molar-refractivity contribution in [3.8, 4) is 5.69 Å². The average molecular weight is 259 g/mol. The molecule has 0 aliphatic heterocycles. The highest BCUT2D eigenvalue weighted by Gasteiger charge is 2.07. The fraction of sp³-hybridized carbons (Fsp3) is 0.100. The molecule has 0 saturated heterocycles. The third-order valence-electron chi connectivity index (χ3n) is 2.04. The summed E-state index contributed by atoms with van der Waals surface area (Å²) in [6.45, 7) is 1.94. The molecule has 2 aromatic rings. The van der Waals surface area contributed by atoms with Crippen LogP contribution in [0.3, 0.4) is 0 Å². The Hall–Kier alpha value is -0.770. The second kappa shape index (κ2) is 4.00. The zero-order valence-electron chi connectivity index (χ0n) is 7.92. The number of rotatable bonds is 1. The molecule has 1 aromatic heterocycles. The van der Waals surface area contributed by atoms with Gasteiger partial charge in [0.25, 0.3) is 0 Å². The fourth-order valence-electron chi connectivity index (χ4n) is 1.37. The molecule has 2 rings (SSSR count). The Kier molecular flexibility index (Phi) is 2.87. The first-order chi connectivity index (χ1) is 7.09. The Balaban J connectivity index is 2.69. The molecule has 0 amide bonds. The SMILES string of the molecule is Cc1cn(-c2cccc(Cl)c2Cl)c(=S)[nH]1. The zero-order chi connectivity index (χ0) is 11.0. The van der Waals surface area contributed by atoms with E-state index in [0.717, 1.165) is 11.4 Å². The largest absolute Gasteiger partial charge is 0.335 e. The van der Waals surface area contributed by atoms with Crippen LogP contribution < -0.4 is 0 Å². The fourth-order valence-corrected chi connectivity index (χ4v) is 2.07. The predicted octanol–water partition coefficient (Wildman–Crippen LogP) is 4.15. The summed E-state index contributed by atoms with van der Waals surface area (Å²) in [7, 11) is 0. The van der Waals surface area contributed by atoms with Crippen LogP contribution >= 0.6 is 35.4 Å². The number of nitrogens with zero attached hydrogens (tertiary/aromatic N) is 1. The van der Waals surface area contributed by atoms with Crippen molar-refractivity contribution in [2.24, 2.45) is 0 Å². The van der Waals surface area contributed by atoms with Crippen molar-refractivity contribution in [2.45, 2.75) is 6.92 Å². The van der Waals surface area contributed by atoms with Gasteiger partial charge in [0.15, 0.2) is 4.77 Å². The molecule has 0 aliphatic rings. The van der Waals surface area contributed by atoms with E-state index in [1.807, 2.05) is 25.3 Å². The minimum absolute atomic E-state index is 0.509. The van der Waals surface area contributed by atoms with E-state index in [4.69, 9.17) is 35.4 Å². The molecular weight excluding hydrogens is 251 g/mol. The van der Waals surface area contributed by atoms with Gasteiger partial charge in [-0.25, -0.2) is 0 Å². The number of aromatic nitrogens is 2. The summed E-state index contributed by atoms with van der Waals surface area (Å²) >= 11 is 17.2. The van der Waals surface area contributed by atoms with E-state index in [-0.39, 0.29) is 0 Å². The van der Waals surface area contributed by atoms with Crippen molar-refractivity contribution in [1.82, 2.24) is 9.55 Å². The number of aromatic amines is 1. The Morgan fingerprint density at radius 1 is 1.33 bits per heavy atom. The van der Waals surface area contributed by atoms with Crippen LogP contribution in [-0.2, 0) is 0 Å². The Morgan fingerprint density at radius 3 is 2.67 bits per heavy atom. The number of imidazole rings is 1. The van der Waals surface area contributed by atoms with E-state index in [1.54, 1.807) is 10.6 Å². The van der Waals surface area contributed by atoms with Crippen LogP contribution in [0.25, 0.3) is 5.69 Å². The normalized spacial score (nSPS) is 10.6. The zero-order valence-corrected chi connectivity index (χ0v) is 10.2. The number of aryl methyl sites for hydroxylation is 1. The molecule has 2 nitrogen and oxygen atoms in total. The van der Waals surface area contributed by atoms with Crippen molar-refractivity contribution >= 4 is 35.4 Å². The number of H-pyrrole nitrogens is 1.